The molecule has 0 atom stereocenters. The summed E-state index contributed by atoms with van der Waals surface area (Å²) in [4.78, 5) is 15.5. The Bertz CT molecular complexity index is 3250. The molecule has 0 spiro atoms. The fraction of sp³-hybridized carbons (Fsp3) is 0. The van der Waals surface area contributed by atoms with E-state index < -0.39 is 0 Å². The van der Waals surface area contributed by atoms with Gasteiger partial charge in [-0.1, -0.05) is 121 Å². The maximum Gasteiger partial charge on any atom is 0.164 e. The number of nitrogens with zero attached hydrogens (tertiary/aromatic N) is 4. The van der Waals surface area contributed by atoms with Gasteiger partial charge < -0.3 is 8.98 Å². The summed E-state index contributed by atoms with van der Waals surface area (Å²) in [6.07, 6.45) is 0. The van der Waals surface area contributed by atoms with Crippen molar-refractivity contribution >= 4 is 76.9 Å². The Morgan fingerprint density at radius 1 is 0.415 bits per heavy atom. The quantitative estimate of drug-likeness (QED) is 0.184. The van der Waals surface area contributed by atoms with Gasteiger partial charge in [-0.15, -0.1) is 0 Å². The highest BCUT2D eigenvalue weighted by Gasteiger charge is 2.19. The number of furan rings is 1. The Morgan fingerprint density at radius 3 is 1.87 bits per heavy atom. The molecule has 0 bridgehead atoms. The second-order valence-electron chi connectivity index (χ2n) is 13.4. The molecule has 0 saturated heterocycles. The topological polar surface area (TPSA) is 56.7 Å². The van der Waals surface area contributed by atoms with Gasteiger partial charge in [-0.05, 0) is 76.1 Å². The molecular weight excluding hydrogens is 672 g/mol. The zero-order valence-electron chi connectivity index (χ0n) is 28.2. The Labute approximate surface area is 308 Å². The van der Waals surface area contributed by atoms with E-state index in [0.717, 1.165) is 76.9 Å². The van der Waals surface area contributed by atoms with E-state index in [-0.39, 0.29) is 0 Å². The second-order valence-corrected chi connectivity index (χ2v) is 13.8. The van der Waals surface area contributed by atoms with Gasteiger partial charge in [-0.2, -0.15) is 0 Å². The summed E-state index contributed by atoms with van der Waals surface area (Å²) < 4.78 is 8.56. The van der Waals surface area contributed by atoms with Crippen LogP contribution in [-0.2, 0) is 0 Å². The minimum Gasteiger partial charge on any atom is -0.456 e. The van der Waals surface area contributed by atoms with Crippen LogP contribution in [0.25, 0.3) is 105 Å². The second kappa shape index (κ2) is 11.6. The first-order valence-electron chi connectivity index (χ1n) is 17.5. The molecule has 0 aliphatic carbocycles. The van der Waals surface area contributed by atoms with Crippen LogP contribution in [0, 0.1) is 0 Å². The van der Waals surface area contributed by atoms with Crippen LogP contribution in [0.2, 0.25) is 5.02 Å². The van der Waals surface area contributed by atoms with Crippen molar-refractivity contribution in [2.24, 2.45) is 0 Å². The van der Waals surface area contributed by atoms with Gasteiger partial charge in [0.2, 0.25) is 0 Å². The number of benzene rings is 8. The van der Waals surface area contributed by atoms with Gasteiger partial charge in [0.15, 0.2) is 17.5 Å². The van der Waals surface area contributed by atoms with Crippen LogP contribution in [0.15, 0.2) is 168 Å². The first-order valence-corrected chi connectivity index (χ1v) is 17.9. The lowest BCUT2D eigenvalue weighted by molar-refractivity contribution is 0.669. The largest absolute Gasteiger partial charge is 0.456 e. The Hall–Kier alpha value is -6.82. The number of aromatic nitrogens is 4. The van der Waals surface area contributed by atoms with E-state index in [1.807, 2.05) is 30.3 Å². The molecule has 3 aromatic heterocycles. The molecule has 11 rings (SSSR count). The van der Waals surface area contributed by atoms with Gasteiger partial charge in [-0.3, -0.25) is 0 Å². The molecule has 0 saturated carbocycles. The number of fused-ring (bicyclic) bond motifs is 9. The Kier molecular flexibility index (Phi) is 6.54. The summed E-state index contributed by atoms with van der Waals surface area (Å²) in [5, 5.41) is 9.29. The van der Waals surface area contributed by atoms with Crippen LogP contribution in [0.3, 0.4) is 0 Å². The van der Waals surface area contributed by atoms with Crippen LogP contribution in [0.5, 0.6) is 0 Å². The number of hydrogen-bond donors (Lipinski definition) is 0. The zero-order chi connectivity index (χ0) is 35.0. The van der Waals surface area contributed by atoms with Crippen LogP contribution in [0.4, 0.5) is 0 Å². The lowest BCUT2D eigenvalue weighted by Crippen LogP contribution is -2.00. The van der Waals surface area contributed by atoms with Crippen molar-refractivity contribution in [3.8, 4) is 39.9 Å². The van der Waals surface area contributed by atoms with E-state index in [1.54, 1.807) is 0 Å². The molecule has 11 aromatic rings. The average molecular weight is 699 g/mol. The van der Waals surface area contributed by atoms with Gasteiger partial charge in [0.25, 0.3) is 0 Å². The van der Waals surface area contributed by atoms with Crippen molar-refractivity contribution in [3.05, 3.63) is 169 Å². The summed E-state index contributed by atoms with van der Waals surface area (Å²) in [6.45, 7) is 0. The number of halogens is 1. The maximum absolute atomic E-state index is 6.78. The third-order valence-electron chi connectivity index (χ3n) is 10.3. The van der Waals surface area contributed by atoms with E-state index in [4.69, 9.17) is 31.0 Å². The minimum absolute atomic E-state index is 0.583. The SMILES string of the molecule is Clc1cccc2oc3ccc4ccc(-c5nc(-c6ccc7ccccc7c6)nc(-c6ccc7c8ccccc8n(-c8ccccc8)c7c6)n5)cc4c3c12. The van der Waals surface area contributed by atoms with Crippen molar-refractivity contribution in [1.82, 2.24) is 19.5 Å². The van der Waals surface area contributed by atoms with Gasteiger partial charge in [-0.25, -0.2) is 15.0 Å². The van der Waals surface area contributed by atoms with Gasteiger partial charge >= 0.3 is 0 Å². The van der Waals surface area contributed by atoms with Crippen LogP contribution in [0.1, 0.15) is 0 Å². The third-order valence-corrected chi connectivity index (χ3v) is 10.6. The standard InChI is InChI=1S/C47H27ClN4O/c48-38-14-8-16-41-44(38)43-37-26-32(20-18-29(37)22-24-42(43)53-41)46-49-45(31-19-17-28-9-4-5-10-30(28)25-31)50-47(51-46)33-21-23-36-35-13-6-7-15-39(35)52(40(36)27-33)34-11-2-1-3-12-34/h1-27H. The van der Waals surface area contributed by atoms with Crippen molar-refractivity contribution in [2.45, 2.75) is 0 Å². The van der Waals surface area contributed by atoms with Crippen molar-refractivity contribution < 1.29 is 4.42 Å². The summed E-state index contributed by atoms with van der Waals surface area (Å²) >= 11 is 6.78. The normalized spacial score (nSPS) is 11.9. The lowest BCUT2D eigenvalue weighted by Gasteiger charge is -2.11. The summed E-state index contributed by atoms with van der Waals surface area (Å²) in [7, 11) is 0. The zero-order valence-corrected chi connectivity index (χ0v) is 28.9. The van der Waals surface area contributed by atoms with E-state index in [1.165, 1.54) is 10.8 Å². The van der Waals surface area contributed by atoms with Gasteiger partial charge in [0, 0.05) is 43.9 Å². The molecule has 0 unspecified atom stereocenters. The number of para-hydroxylation sites is 2. The monoisotopic (exact) mass is 698 g/mol. The number of rotatable bonds is 4. The molecule has 0 N–H and O–H groups in total. The molecule has 53 heavy (non-hydrogen) atoms. The fourth-order valence-corrected chi connectivity index (χ4v) is 8.05. The van der Waals surface area contributed by atoms with Crippen molar-refractivity contribution in [3.63, 3.8) is 0 Å². The molecule has 248 valence electrons. The highest BCUT2D eigenvalue weighted by molar-refractivity contribution is 6.39. The first kappa shape index (κ1) is 29.9. The van der Waals surface area contributed by atoms with Crippen molar-refractivity contribution in [2.75, 3.05) is 0 Å². The molecule has 0 radical (unpaired) electrons. The first-order chi connectivity index (χ1) is 26.2. The smallest absolute Gasteiger partial charge is 0.164 e. The van der Waals surface area contributed by atoms with E-state index in [0.29, 0.717) is 22.5 Å². The summed E-state index contributed by atoms with van der Waals surface area (Å²) in [6, 6.07) is 56.5. The molecule has 8 aromatic carbocycles. The maximum atomic E-state index is 6.78. The highest BCUT2D eigenvalue weighted by Crippen LogP contribution is 2.40. The van der Waals surface area contributed by atoms with Crippen LogP contribution >= 0.6 is 11.6 Å². The Morgan fingerprint density at radius 2 is 1.04 bits per heavy atom. The molecule has 0 aliphatic rings. The average Bonchev–Trinajstić information content (AvgIpc) is 3.77. The molecular formula is C47H27ClN4O. The predicted molar refractivity (Wildman–Crippen MR) is 218 cm³/mol. The van der Waals surface area contributed by atoms with Crippen LogP contribution in [-0.4, -0.2) is 19.5 Å². The van der Waals surface area contributed by atoms with E-state index in [9.17, 15) is 0 Å². The molecule has 6 heteroatoms. The number of hydrogen-bond acceptors (Lipinski definition) is 4. The van der Waals surface area contributed by atoms with Crippen molar-refractivity contribution in [1.29, 1.82) is 0 Å². The molecule has 3 heterocycles. The molecule has 5 nitrogen and oxygen atoms in total. The van der Waals surface area contributed by atoms with Crippen LogP contribution < -0.4 is 0 Å². The molecule has 0 fully saturated rings. The predicted octanol–water partition coefficient (Wildman–Crippen LogP) is 12.8. The van der Waals surface area contributed by atoms with E-state index in [2.05, 4.69) is 138 Å². The summed E-state index contributed by atoms with van der Waals surface area (Å²) in [5.41, 5.74) is 7.56. The third kappa shape index (κ3) is 4.75. The minimum atomic E-state index is 0.583. The molecule has 0 aliphatic heterocycles. The fourth-order valence-electron chi connectivity index (χ4n) is 7.79. The van der Waals surface area contributed by atoms with Gasteiger partial charge in [0.1, 0.15) is 11.2 Å². The molecule has 0 amide bonds. The Balaban J connectivity index is 1.16. The summed E-state index contributed by atoms with van der Waals surface area (Å²) in [5.74, 6) is 1.79. The lowest BCUT2D eigenvalue weighted by atomic mass is 10.0. The van der Waals surface area contributed by atoms with E-state index >= 15 is 0 Å². The van der Waals surface area contributed by atoms with Gasteiger partial charge in [0.05, 0.1) is 16.1 Å². The highest BCUT2D eigenvalue weighted by atomic mass is 35.5.